The van der Waals surface area contributed by atoms with Crippen molar-refractivity contribution in [1.29, 1.82) is 0 Å². The number of rotatable bonds is 3. The van der Waals surface area contributed by atoms with Crippen molar-refractivity contribution in [3.63, 3.8) is 0 Å². The topological polar surface area (TPSA) is 92.5 Å². The summed E-state index contributed by atoms with van der Waals surface area (Å²) in [6.45, 7) is 1.56. The Hall–Kier alpha value is -1.44. The third-order valence-electron chi connectivity index (χ3n) is 2.80. The number of benzene rings is 1. The maximum Gasteiger partial charge on any atom is 0.266 e. The third kappa shape index (κ3) is 2.87. The first kappa shape index (κ1) is 13.0. The lowest BCUT2D eigenvalue weighted by molar-refractivity contribution is 0.0822. The van der Waals surface area contributed by atoms with E-state index in [4.69, 9.17) is 5.14 Å². The van der Waals surface area contributed by atoms with E-state index < -0.39 is 15.9 Å². The summed E-state index contributed by atoms with van der Waals surface area (Å²) >= 11 is 0. The van der Waals surface area contributed by atoms with Gasteiger partial charge >= 0.3 is 0 Å². The normalized spacial score (nSPS) is 16.7. The summed E-state index contributed by atoms with van der Waals surface area (Å²) < 4.78 is 22.8. The Morgan fingerprint density at radius 2 is 1.83 bits per heavy atom. The standard InChI is InChI=1S/C11H15N3O3S/c12-18(16,17)10-6-2-1-5-9(10)11(15)13-14-7-3-4-8-14/h1-2,5-6H,3-4,7-8H2,(H,13,15)(H2,12,16,17). The maximum atomic E-state index is 12.0. The Kier molecular flexibility index (Phi) is 3.65. The third-order valence-corrected chi connectivity index (χ3v) is 3.77. The molecule has 1 aromatic carbocycles. The molecule has 0 atom stereocenters. The molecule has 0 aromatic heterocycles. The van der Waals surface area contributed by atoms with Crippen molar-refractivity contribution in [2.45, 2.75) is 17.7 Å². The zero-order valence-corrected chi connectivity index (χ0v) is 10.6. The summed E-state index contributed by atoms with van der Waals surface area (Å²) in [6.07, 6.45) is 2.05. The number of nitrogens with zero attached hydrogens (tertiary/aromatic N) is 1. The molecule has 1 saturated heterocycles. The smallest absolute Gasteiger partial charge is 0.266 e. The summed E-state index contributed by atoms with van der Waals surface area (Å²) in [4.78, 5) is 11.8. The van der Waals surface area contributed by atoms with E-state index in [-0.39, 0.29) is 10.5 Å². The van der Waals surface area contributed by atoms with Gasteiger partial charge in [0.05, 0.1) is 10.5 Å². The number of amides is 1. The fourth-order valence-electron chi connectivity index (χ4n) is 1.94. The van der Waals surface area contributed by atoms with Crippen LogP contribution in [0, 0.1) is 0 Å². The Morgan fingerprint density at radius 3 is 2.44 bits per heavy atom. The zero-order valence-electron chi connectivity index (χ0n) is 9.80. The van der Waals surface area contributed by atoms with Gasteiger partial charge < -0.3 is 0 Å². The quantitative estimate of drug-likeness (QED) is 0.812. The Morgan fingerprint density at radius 1 is 1.22 bits per heavy atom. The van der Waals surface area contributed by atoms with Crippen molar-refractivity contribution in [1.82, 2.24) is 10.4 Å². The number of hydrogen-bond acceptors (Lipinski definition) is 4. The lowest BCUT2D eigenvalue weighted by atomic mass is 10.2. The highest BCUT2D eigenvalue weighted by molar-refractivity contribution is 7.89. The summed E-state index contributed by atoms with van der Waals surface area (Å²) in [5, 5.41) is 6.86. The van der Waals surface area contributed by atoms with Crippen LogP contribution in [0.15, 0.2) is 29.2 Å². The van der Waals surface area contributed by atoms with Crippen molar-refractivity contribution in [3.05, 3.63) is 29.8 Å². The van der Waals surface area contributed by atoms with Crippen LogP contribution in [0.25, 0.3) is 0 Å². The van der Waals surface area contributed by atoms with Crippen LogP contribution >= 0.6 is 0 Å². The van der Waals surface area contributed by atoms with Crippen LogP contribution in [0.1, 0.15) is 23.2 Å². The van der Waals surface area contributed by atoms with E-state index in [1.54, 1.807) is 11.1 Å². The monoisotopic (exact) mass is 269 g/mol. The number of primary sulfonamides is 1. The van der Waals surface area contributed by atoms with E-state index in [0.717, 1.165) is 25.9 Å². The van der Waals surface area contributed by atoms with Crippen molar-refractivity contribution in [2.24, 2.45) is 5.14 Å². The van der Waals surface area contributed by atoms with E-state index >= 15 is 0 Å². The lowest BCUT2D eigenvalue weighted by Crippen LogP contribution is -2.40. The fraction of sp³-hybridized carbons (Fsp3) is 0.364. The minimum absolute atomic E-state index is 0.0758. The van der Waals surface area contributed by atoms with Gasteiger partial charge in [-0.3, -0.25) is 10.2 Å². The number of hydrogen-bond donors (Lipinski definition) is 2. The van der Waals surface area contributed by atoms with E-state index in [1.807, 2.05) is 0 Å². The molecule has 1 aliphatic rings. The first-order chi connectivity index (χ1) is 8.48. The van der Waals surface area contributed by atoms with Crippen LogP contribution in [-0.4, -0.2) is 32.4 Å². The number of sulfonamides is 1. The molecule has 0 spiro atoms. The van der Waals surface area contributed by atoms with Crippen molar-refractivity contribution < 1.29 is 13.2 Å². The van der Waals surface area contributed by atoms with Gasteiger partial charge in [-0.1, -0.05) is 12.1 Å². The van der Waals surface area contributed by atoms with E-state index in [1.165, 1.54) is 18.2 Å². The molecule has 1 aliphatic heterocycles. The Bertz CT molecular complexity index is 550. The van der Waals surface area contributed by atoms with Crippen LogP contribution in [0.4, 0.5) is 0 Å². The second-order valence-electron chi connectivity index (χ2n) is 4.18. The average molecular weight is 269 g/mol. The molecule has 1 fully saturated rings. The highest BCUT2D eigenvalue weighted by Crippen LogP contribution is 2.14. The maximum absolute atomic E-state index is 12.0. The second-order valence-corrected chi connectivity index (χ2v) is 5.71. The van der Waals surface area contributed by atoms with Gasteiger partial charge in [0.1, 0.15) is 0 Å². The van der Waals surface area contributed by atoms with Gasteiger partial charge in [-0.15, -0.1) is 0 Å². The molecule has 2 rings (SSSR count). The van der Waals surface area contributed by atoms with Gasteiger partial charge in [-0.25, -0.2) is 18.6 Å². The van der Waals surface area contributed by atoms with Gasteiger partial charge in [0.2, 0.25) is 10.0 Å². The number of nitrogens with two attached hydrogens (primary N) is 1. The van der Waals surface area contributed by atoms with Crippen molar-refractivity contribution in [3.8, 4) is 0 Å². The summed E-state index contributed by atoms with van der Waals surface area (Å²) in [5.74, 6) is -0.443. The SMILES string of the molecule is NS(=O)(=O)c1ccccc1C(=O)NN1CCCC1. The minimum atomic E-state index is -3.89. The molecule has 1 amide bonds. The van der Waals surface area contributed by atoms with Gasteiger partial charge in [0.15, 0.2) is 0 Å². The summed E-state index contributed by atoms with van der Waals surface area (Å²) in [5.41, 5.74) is 2.76. The summed E-state index contributed by atoms with van der Waals surface area (Å²) in [7, 11) is -3.89. The molecule has 7 heteroatoms. The number of nitrogens with one attached hydrogen (secondary N) is 1. The van der Waals surface area contributed by atoms with E-state index in [0.29, 0.717) is 0 Å². The van der Waals surface area contributed by atoms with Gasteiger partial charge in [0, 0.05) is 13.1 Å². The van der Waals surface area contributed by atoms with Crippen molar-refractivity contribution >= 4 is 15.9 Å². The predicted molar refractivity (Wildman–Crippen MR) is 66.1 cm³/mol. The van der Waals surface area contributed by atoms with E-state index in [9.17, 15) is 13.2 Å². The van der Waals surface area contributed by atoms with Crippen LogP contribution < -0.4 is 10.6 Å². The molecule has 3 N–H and O–H groups in total. The molecular weight excluding hydrogens is 254 g/mol. The highest BCUT2D eigenvalue weighted by atomic mass is 32.2. The minimum Gasteiger partial charge on any atom is -0.285 e. The second kappa shape index (κ2) is 5.05. The van der Waals surface area contributed by atoms with Gasteiger partial charge in [-0.2, -0.15) is 0 Å². The zero-order chi connectivity index (χ0) is 13.2. The van der Waals surface area contributed by atoms with Crippen LogP contribution in [0.5, 0.6) is 0 Å². The van der Waals surface area contributed by atoms with Gasteiger partial charge in [-0.05, 0) is 25.0 Å². The Labute approximate surface area is 106 Å². The molecule has 0 aliphatic carbocycles. The highest BCUT2D eigenvalue weighted by Gasteiger charge is 2.21. The van der Waals surface area contributed by atoms with Crippen LogP contribution in [0.2, 0.25) is 0 Å². The Balaban J connectivity index is 2.24. The average Bonchev–Trinajstić information content (AvgIpc) is 2.80. The molecular formula is C11H15N3O3S. The molecule has 18 heavy (non-hydrogen) atoms. The number of hydrazine groups is 1. The first-order valence-corrected chi connectivity index (χ1v) is 7.21. The fourth-order valence-corrected chi connectivity index (χ4v) is 2.67. The van der Waals surface area contributed by atoms with Gasteiger partial charge in [0.25, 0.3) is 5.91 Å². The molecule has 98 valence electrons. The molecule has 0 bridgehead atoms. The molecule has 0 radical (unpaired) electrons. The lowest BCUT2D eigenvalue weighted by Gasteiger charge is -2.17. The first-order valence-electron chi connectivity index (χ1n) is 5.66. The molecule has 1 aromatic rings. The summed E-state index contributed by atoms with van der Waals surface area (Å²) in [6, 6.07) is 5.92. The van der Waals surface area contributed by atoms with Crippen molar-refractivity contribution in [2.75, 3.05) is 13.1 Å². The molecule has 6 nitrogen and oxygen atoms in total. The number of carbonyl (C=O) groups excluding carboxylic acids is 1. The van der Waals surface area contributed by atoms with E-state index in [2.05, 4.69) is 5.43 Å². The molecule has 1 heterocycles. The molecule has 0 saturated carbocycles. The molecule has 0 unspecified atom stereocenters. The largest absolute Gasteiger partial charge is 0.285 e. The number of carbonyl (C=O) groups is 1. The van der Waals surface area contributed by atoms with Crippen LogP contribution in [0.3, 0.4) is 0 Å². The van der Waals surface area contributed by atoms with Crippen LogP contribution in [-0.2, 0) is 10.0 Å². The predicted octanol–water partition coefficient (Wildman–Crippen LogP) is 0.0746.